The van der Waals surface area contributed by atoms with Crippen LogP contribution in [-0.2, 0) is 24.2 Å². The molecule has 7 nitrogen and oxygen atoms in total. The van der Waals surface area contributed by atoms with Crippen molar-refractivity contribution in [3.8, 4) is 0 Å². The van der Waals surface area contributed by atoms with Crippen LogP contribution in [0.1, 0.15) is 33.5 Å². The Morgan fingerprint density at radius 1 is 1.13 bits per heavy atom. The fourth-order valence-electron chi connectivity index (χ4n) is 4.38. The van der Waals surface area contributed by atoms with Gasteiger partial charge in [-0.3, -0.25) is 19.9 Å². The van der Waals surface area contributed by atoms with E-state index in [1.165, 1.54) is 0 Å². The van der Waals surface area contributed by atoms with Gasteiger partial charge in [-0.1, -0.05) is 24.3 Å². The van der Waals surface area contributed by atoms with Crippen LogP contribution in [-0.4, -0.2) is 28.4 Å². The maximum Gasteiger partial charge on any atom is 0.322 e. The first-order valence-electron chi connectivity index (χ1n) is 9.89. The van der Waals surface area contributed by atoms with Crippen molar-refractivity contribution >= 4 is 28.6 Å². The molecule has 1 atom stereocenters. The molecule has 2 aliphatic rings. The highest BCUT2D eigenvalue weighted by atomic mass is 16.2. The fraction of sp³-hybridized carbons (Fsp3) is 0.217. The molecule has 3 N–H and O–H groups in total. The molecule has 30 heavy (non-hydrogen) atoms. The molecular formula is C23H20N4O3. The molecule has 7 heteroatoms. The van der Waals surface area contributed by atoms with Crippen LogP contribution in [0.4, 0.5) is 4.79 Å². The number of carbonyl (C=O) groups is 3. The maximum absolute atomic E-state index is 12.7. The van der Waals surface area contributed by atoms with Crippen LogP contribution in [0.5, 0.6) is 0 Å². The van der Waals surface area contributed by atoms with E-state index in [1.807, 2.05) is 42.6 Å². The molecular weight excluding hydrogens is 380 g/mol. The Morgan fingerprint density at radius 3 is 2.87 bits per heavy atom. The first-order chi connectivity index (χ1) is 14.5. The van der Waals surface area contributed by atoms with Gasteiger partial charge in [0, 0.05) is 36.3 Å². The van der Waals surface area contributed by atoms with Crippen molar-refractivity contribution in [3.05, 3.63) is 77.1 Å². The van der Waals surface area contributed by atoms with Crippen LogP contribution in [0.2, 0.25) is 0 Å². The SMILES string of the molecule is O=C1NC(=O)C2(CCc3cc(C(=O)NCc4cccc5cnccc45)ccc3C2)N1. The number of nitrogens with zero attached hydrogens (tertiary/aromatic N) is 1. The highest BCUT2D eigenvalue weighted by Gasteiger charge is 2.47. The van der Waals surface area contributed by atoms with Gasteiger partial charge in [-0.25, -0.2) is 4.79 Å². The lowest BCUT2D eigenvalue weighted by molar-refractivity contribution is -0.124. The number of pyridine rings is 1. The monoisotopic (exact) mass is 400 g/mol. The third-order valence-electron chi connectivity index (χ3n) is 6.01. The zero-order valence-corrected chi connectivity index (χ0v) is 16.2. The van der Waals surface area contributed by atoms with Gasteiger partial charge < -0.3 is 10.6 Å². The number of hydrogen-bond donors (Lipinski definition) is 3. The molecule has 0 bridgehead atoms. The second-order valence-corrected chi connectivity index (χ2v) is 7.85. The summed E-state index contributed by atoms with van der Waals surface area (Å²) in [6.45, 7) is 0.423. The lowest BCUT2D eigenvalue weighted by Gasteiger charge is -2.32. The lowest BCUT2D eigenvalue weighted by atomic mass is 9.77. The number of imide groups is 1. The summed E-state index contributed by atoms with van der Waals surface area (Å²) in [7, 11) is 0. The van der Waals surface area contributed by atoms with E-state index in [2.05, 4.69) is 20.9 Å². The first kappa shape index (κ1) is 18.3. The summed E-state index contributed by atoms with van der Waals surface area (Å²) in [5.74, 6) is -0.415. The van der Waals surface area contributed by atoms with Crippen LogP contribution < -0.4 is 16.0 Å². The third kappa shape index (κ3) is 3.08. The summed E-state index contributed by atoms with van der Waals surface area (Å²) in [5.41, 5.74) is 2.78. The molecule has 150 valence electrons. The fourth-order valence-corrected chi connectivity index (χ4v) is 4.38. The standard InChI is InChI=1S/C23H20N4O3/c28-20(25-13-18-3-1-2-17-12-24-9-7-19(17)18)15-4-5-16-11-23(8-6-14(16)10-15)21(29)26-22(30)27-23/h1-5,7,9-10,12H,6,8,11,13H2,(H,25,28)(H2,26,27,29,30). The van der Waals surface area contributed by atoms with Crippen LogP contribution >= 0.6 is 0 Å². The molecule has 1 aromatic heterocycles. The molecule has 2 aromatic carbocycles. The van der Waals surface area contributed by atoms with Crippen LogP contribution in [0.3, 0.4) is 0 Å². The molecule has 1 aliphatic carbocycles. The van der Waals surface area contributed by atoms with Gasteiger partial charge in [0.2, 0.25) is 0 Å². The zero-order valence-electron chi connectivity index (χ0n) is 16.2. The number of fused-ring (bicyclic) bond motifs is 2. The predicted octanol–water partition coefficient (Wildman–Crippen LogP) is 2.23. The largest absolute Gasteiger partial charge is 0.348 e. The summed E-state index contributed by atoms with van der Waals surface area (Å²) in [6.07, 6.45) is 5.14. The number of carbonyl (C=O) groups excluding carboxylic acids is 3. The molecule has 1 unspecified atom stereocenters. The number of aryl methyl sites for hydroxylation is 1. The van der Waals surface area contributed by atoms with E-state index in [0.29, 0.717) is 31.4 Å². The lowest BCUT2D eigenvalue weighted by Crippen LogP contribution is -2.51. The third-order valence-corrected chi connectivity index (χ3v) is 6.01. The van der Waals surface area contributed by atoms with Crippen molar-refractivity contribution in [1.82, 2.24) is 20.9 Å². The van der Waals surface area contributed by atoms with Gasteiger partial charge in [0.1, 0.15) is 5.54 Å². The highest BCUT2D eigenvalue weighted by Crippen LogP contribution is 2.31. The minimum absolute atomic E-state index is 0.143. The Hall–Kier alpha value is -3.74. The van der Waals surface area contributed by atoms with Gasteiger partial charge in [0.05, 0.1) is 0 Å². The number of amides is 4. The summed E-state index contributed by atoms with van der Waals surface area (Å²) in [6, 6.07) is 13.0. The quantitative estimate of drug-likeness (QED) is 0.587. The zero-order chi connectivity index (χ0) is 20.7. The van der Waals surface area contributed by atoms with Crippen molar-refractivity contribution in [2.45, 2.75) is 31.3 Å². The first-order valence-corrected chi connectivity index (χ1v) is 9.89. The number of benzene rings is 2. The Kier molecular flexibility index (Phi) is 4.24. The molecule has 1 fully saturated rings. The van der Waals surface area contributed by atoms with E-state index in [0.717, 1.165) is 27.5 Å². The van der Waals surface area contributed by atoms with Crippen LogP contribution in [0, 0.1) is 0 Å². The Labute approximate surface area is 172 Å². The number of hydrogen-bond acceptors (Lipinski definition) is 4. The molecule has 3 aromatic rings. The summed E-state index contributed by atoms with van der Waals surface area (Å²) < 4.78 is 0. The molecule has 0 saturated carbocycles. The predicted molar refractivity (Wildman–Crippen MR) is 111 cm³/mol. The number of aromatic nitrogens is 1. The highest BCUT2D eigenvalue weighted by molar-refractivity contribution is 6.07. The van der Waals surface area contributed by atoms with E-state index in [-0.39, 0.29) is 11.8 Å². The molecule has 1 aliphatic heterocycles. The summed E-state index contributed by atoms with van der Waals surface area (Å²) in [5, 5.41) is 10.2. The Morgan fingerprint density at radius 2 is 2.03 bits per heavy atom. The average molecular weight is 400 g/mol. The van der Waals surface area contributed by atoms with E-state index >= 15 is 0 Å². The number of nitrogens with one attached hydrogen (secondary N) is 3. The van der Waals surface area contributed by atoms with Gasteiger partial charge in [0.15, 0.2) is 0 Å². The van der Waals surface area contributed by atoms with E-state index in [1.54, 1.807) is 12.3 Å². The van der Waals surface area contributed by atoms with E-state index in [4.69, 9.17) is 0 Å². The van der Waals surface area contributed by atoms with Crippen molar-refractivity contribution < 1.29 is 14.4 Å². The smallest absolute Gasteiger partial charge is 0.322 e. The van der Waals surface area contributed by atoms with Gasteiger partial charge in [0.25, 0.3) is 11.8 Å². The van der Waals surface area contributed by atoms with Gasteiger partial charge in [-0.15, -0.1) is 0 Å². The minimum Gasteiger partial charge on any atom is -0.348 e. The second-order valence-electron chi connectivity index (χ2n) is 7.85. The summed E-state index contributed by atoms with van der Waals surface area (Å²) >= 11 is 0. The van der Waals surface area contributed by atoms with Crippen LogP contribution in [0.15, 0.2) is 54.9 Å². The normalized spacial score (nSPS) is 20.0. The Balaban J connectivity index is 1.32. The molecule has 1 saturated heterocycles. The molecule has 5 rings (SSSR count). The van der Waals surface area contributed by atoms with E-state index in [9.17, 15) is 14.4 Å². The summed E-state index contributed by atoms with van der Waals surface area (Å²) in [4.78, 5) is 40.6. The molecule has 4 amide bonds. The second kappa shape index (κ2) is 6.95. The Bertz CT molecular complexity index is 1200. The van der Waals surface area contributed by atoms with Gasteiger partial charge in [-0.2, -0.15) is 0 Å². The van der Waals surface area contributed by atoms with Crippen molar-refractivity contribution in [3.63, 3.8) is 0 Å². The van der Waals surface area contributed by atoms with Crippen molar-refractivity contribution in [2.75, 3.05) is 0 Å². The molecule has 2 heterocycles. The van der Waals surface area contributed by atoms with Gasteiger partial charge >= 0.3 is 6.03 Å². The van der Waals surface area contributed by atoms with E-state index < -0.39 is 11.6 Å². The topological polar surface area (TPSA) is 100 Å². The molecule has 0 radical (unpaired) electrons. The molecule has 1 spiro atoms. The number of rotatable bonds is 3. The van der Waals surface area contributed by atoms with Crippen LogP contribution in [0.25, 0.3) is 10.8 Å². The average Bonchev–Trinajstić information content (AvgIpc) is 3.03. The minimum atomic E-state index is -0.864. The van der Waals surface area contributed by atoms with Crippen molar-refractivity contribution in [2.24, 2.45) is 0 Å². The number of urea groups is 1. The maximum atomic E-state index is 12.7. The van der Waals surface area contributed by atoms with Crippen molar-refractivity contribution in [1.29, 1.82) is 0 Å². The van der Waals surface area contributed by atoms with Gasteiger partial charge in [-0.05, 0) is 53.1 Å².